The molecule has 2 aromatic rings. The molecule has 2 heterocycles. The lowest BCUT2D eigenvalue weighted by molar-refractivity contribution is -0.124. The molecule has 1 unspecified atom stereocenters. The van der Waals surface area contributed by atoms with Gasteiger partial charge in [-0.2, -0.15) is 4.98 Å². The Kier molecular flexibility index (Phi) is 3.92. The van der Waals surface area contributed by atoms with Gasteiger partial charge in [0.2, 0.25) is 5.95 Å². The molecule has 1 atom stereocenters. The topological polar surface area (TPSA) is 79.9 Å². The molecule has 3 rings (SSSR count). The van der Waals surface area contributed by atoms with E-state index in [4.69, 9.17) is 4.74 Å². The van der Waals surface area contributed by atoms with Crippen molar-refractivity contribution in [1.29, 1.82) is 0 Å². The van der Waals surface area contributed by atoms with Crippen molar-refractivity contribution in [1.82, 2.24) is 15.2 Å². The van der Waals surface area contributed by atoms with E-state index < -0.39 is 6.10 Å². The van der Waals surface area contributed by atoms with Gasteiger partial charge >= 0.3 is 0 Å². The smallest absolute Gasteiger partial charge is 0.255 e. The molecule has 1 fully saturated rings. The third-order valence-corrected chi connectivity index (χ3v) is 3.25. The van der Waals surface area contributed by atoms with Crippen LogP contribution in [0.25, 0.3) is 0 Å². The Labute approximate surface area is 120 Å². The van der Waals surface area contributed by atoms with Crippen LogP contribution >= 0.6 is 0 Å². The molecule has 1 aliphatic heterocycles. The van der Waals surface area contributed by atoms with E-state index in [-0.39, 0.29) is 17.7 Å². The predicted octanol–water partition coefficient (Wildman–Crippen LogP) is 1.65. The van der Waals surface area contributed by atoms with Crippen LogP contribution in [0.2, 0.25) is 0 Å². The number of nitrogens with zero attached hydrogens (tertiary/aromatic N) is 2. The number of H-pyrrole nitrogens is 1. The Hall–Kier alpha value is -2.28. The van der Waals surface area contributed by atoms with Crippen molar-refractivity contribution in [2.24, 2.45) is 0 Å². The molecule has 1 saturated heterocycles. The Morgan fingerprint density at radius 3 is 3.19 bits per heavy atom. The van der Waals surface area contributed by atoms with Gasteiger partial charge in [0.05, 0.1) is 0 Å². The maximum absolute atomic E-state index is 13.1. The Bertz CT molecular complexity index is 637. The fraction of sp³-hybridized carbons (Fsp3) is 0.357. The van der Waals surface area contributed by atoms with Crippen molar-refractivity contribution in [3.05, 3.63) is 41.5 Å². The van der Waals surface area contributed by atoms with Crippen molar-refractivity contribution in [3.63, 3.8) is 0 Å². The predicted molar refractivity (Wildman–Crippen MR) is 73.2 cm³/mol. The number of amides is 1. The van der Waals surface area contributed by atoms with Gasteiger partial charge < -0.3 is 4.74 Å². The molecule has 2 N–H and O–H groups in total. The number of benzene rings is 1. The molecule has 0 spiro atoms. The molecule has 6 nitrogen and oxygen atoms in total. The highest BCUT2D eigenvalue weighted by Gasteiger charge is 2.24. The summed E-state index contributed by atoms with van der Waals surface area (Å²) in [4.78, 5) is 16.0. The van der Waals surface area contributed by atoms with E-state index in [0.29, 0.717) is 25.3 Å². The van der Waals surface area contributed by atoms with E-state index in [1.807, 2.05) is 0 Å². The fourth-order valence-corrected chi connectivity index (χ4v) is 2.25. The first-order chi connectivity index (χ1) is 10.2. The minimum Gasteiger partial charge on any atom is -0.368 e. The number of ether oxygens (including phenoxy) is 1. The lowest BCUT2D eigenvalue weighted by Crippen LogP contribution is -2.27. The summed E-state index contributed by atoms with van der Waals surface area (Å²) in [6, 6.07) is 6.27. The molecule has 1 aromatic heterocycles. The van der Waals surface area contributed by atoms with Crippen LogP contribution in [0.15, 0.2) is 24.3 Å². The van der Waals surface area contributed by atoms with E-state index in [1.165, 1.54) is 12.1 Å². The average Bonchev–Trinajstić information content (AvgIpc) is 3.10. The van der Waals surface area contributed by atoms with Gasteiger partial charge in [-0.1, -0.05) is 12.1 Å². The third kappa shape index (κ3) is 3.43. The highest BCUT2D eigenvalue weighted by Crippen LogP contribution is 2.14. The lowest BCUT2D eigenvalue weighted by atomic mass is 10.1. The number of rotatable bonds is 4. The van der Waals surface area contributed by atoms with E-state index >= 15 is 0 Å². The molecular weight excluding hydrogens is 275 g/mol. The minimum absolute atomic E-state index is 0.210. The van der Waals surface area contributed by atoms with Crippen LogP contribution in [0, 0.1) is 5.82 Å². The molecule has 0 aliphatic carbocycles. The standard InChI is InChI=1S/C14H15FN4O2/c15-10-4-1-3-9(7-10)8-12-16-14(19-18-12)17-13(20)11-5-2-6-21-11/h1,3-4,7,11H,2,5-6,8H2,(H2,16,17,18,19,20). The van der Waals surface area contributed by atoms with E-state index in [9.17, 15) is 9.18 Å². The highest BCUT2D eigenvalue weighted by atomic mass is 19.1. The maximum Gasteiger partial charge on any atom is 0.255 e. The van der Waals surface area contributed by atoms with Crippen LogP contribution in [-0.4, -0.2) is 33.8 Å². The first kappa shape index (κ1) is 13.7. The Morgan fingerprint density at radius 1 is 1.52 bits per heavy atom. The van der Waals surface area contributed by atoms with Crippen LogP contribution in [-0.2, 0) is 16.0 Å². The zero-order chi connectivity index (χ0) is 14.7. The van der Waals surface area contributed by atoms with Gasteiger partial charge in [0.25, 0.3) is 5.91 Å². The number of hydrogen-bond acceptors (Lipinski definition) is 4. The summed E-state index contributed by atoms with van der Waals surface area (Å²) in [6.07, 6.45) is 1.60. The summed E-state index contributed by atoms with van der Waals surface area (Å²) in [5.74, 6) is 0.243. The number of carbonyl (C=O) groups is 1. The number of carbonyl (C=O) groups excluding carboxylic acids is 1. The zero-order valence-electron chi connectivity index (χ0n) is 11.3. The van der Waals surface area contributed by atoms with E-state index in [2.05, 4.69) is 20.5 Å². The number of nitrogens with one attached hydrogen (secondary N) is 2. The summed E-state index contributed by atoms with van der Waals surface area (Å²) in [6.45, 7) is 0.608. The first-order valence-electron chi connectivity index (χ1n) is 6.79. The van der Waals surface area contributed by atoms with Crippen LogP contribution in [0.5, 0.6) is 0 Å². The van der Waals surface area contributed by atoms with Crippen molar-refractivity contribution in [2.45, 2.75) is 25.4 Å². The number of halogens is 1. The minimum atomic E-state index is -0.421. The molecule has 0 bridgehead atoms. The lowest BCUT2D eigenvalue weighted by Gasteiger charge is -2.06. The summed E-state index contributed by atoms with van der Waals surface area (Å²) in [5, 5.41) is 9.27. The van der Waals surface area contributed by atoms with Crippen molar-refractivity contribution >= 4 is 11.9 Å². The second-order valence-electron chi connectivity index (χ2n) is 4.90. The summed E-state index contributed by atoms with van der Waals surface area (Å²) in [5.41, 5.74) is 0.781. The third-order valence-electron chi connectivity index (χ3n) is 3.25. The zero-order valence-corrected chi connectivity index (χ0v) is 11.3. The van der Waals surface area contributed by atoms with E-state index in [1.54, 1.807) is 12.1 Å². The number of aromatic nitrogens is 3. The van der Waals surface area contributed by atoms with Crippen LogP contribution in [0.3, 0.4) is 0 Å². The molecule has 1 amide bonds. The van der Waals surface area contributed by atoms with Crippen LogP contribution in [0.4, 0.5) is 10.3 Å². The molecular formula is C14H15FN4O2. The van der Waals surface area contributed by atoms with Crippen LogP contribution < -0.4 is 5.32 Å². The van der Waals surface area contributed by atoms with E-state index in [0.717, 1.165) is 12.0 Å². The van der Waals surface area contributed by atoms with Gasteiger partial charge in [-0.25, -0.2) is 4.39 Å². The second-order valence-corrected chi connectivity index (χ2v) is 4.90. The van der Waals surface area contributed by atoms with Gasteiger partial charge in [0, 0.05) is 13.0 Å². The SMILES string of the molecule is O=C(Nc1n[nH]c(Cc2cccc(F)c2)n1)C1CCCO1. The average molecular weight is 290 g/mol. The monoisotopic (exact) mass is 290 g/mol. The number of aromatic amines is 1. The molecule has 7 heteroatoms. The van der Waals surface area contributed by atoms with Gasteiger partial charge in [-0.05, 0) is 30.5 Å². The van der Waals surface area contributed by atoms with Crippen molar-refractivity contribution in [3.8, 4) is 0 Å². The second kappa shape index (κ2) is 6.01. The van der Waals surface area contributed by atoms with Crippen molar-refractivity contribution in [2.75, 3.05) is 11.9 Å². The summed E-state index contributed by atoms with van der Waals surface area (Å²) < 4.78 is 18.4. The van der Waals surface area contributed by atoms with Gasteiger partial charge in [-0.3, -0.25) is 15.2 Å². The van der Waals surface area contributed by atoms with Gasteiger partial charge in [0.1, 0.15) is 17.7 Å². The highest BCUT2D eigenvalue weighted by molar-refractivity contribution is 5.92. The molecule has 0 saturated carbocycles. The molecule has 1 aliphatic rings. The first-order valence-corrected chi connectivity index (χ1v) is 6.79. The fourth-order valence-electron chi connectivity index (χ4n) is 2.25. The van der Waals surface area contributed by atoms with Gasteiger partial charge in [0.15, 0.2) is 0 Å². The van der Waals surface area contributed by atoms with Crippen LogP contribution in [0.1, 0.15) is 24.2 Å². The number of hydrogen-bond donors (Lipinski definition) is 2. The summed E-state index contributed by atoms with van der Waals surface area (Å²) >= 11 is 0. The molecule has 1 aromatic carbocycles. The van der Waals surface area contributed by atoms with Crippen molar-refractivity contribution < 1.29 is 13.9 Å². The molecule has 110 valence electrons. The summed E-state index contributed by atoms with van der Waals surface area (Å²) in [7, 11) is 0. The number of anilines is 1. The largest absolute Gasteiger partial charge is 0.368 e. The van der Waals surface area contributed by atoms with Gasteiger partial charge in [-0.15, -0.1) is 5.10 Å². The Balaban J connectivity index is 1.62. The quantitative estimate of drug-likeness (QED) is 0.897. The molecule has 0 radical (unpaired) electrons. The molecule has 21 heavy (non-hydrogen) atoms. The Morgan fingerprint density at radius 2 is 2.43 bits per heavy atom. The normalized spacial score (nSPS) is 17.9. The maximum atomic E-state index is 13.1.